The summed E-state index contributed by atoms with van der Waals surface area (Å²) in [5.41, 5.74) is -0.355. The Labute approximate surface area is 105 Å². The number of aliphatic carboxylic acids is 1. The lowest BCUT2D eigenvalue weighted by molar-refractivity contribution is -0.166. The van der Waals surface area contributed by atoms with E-state index in [0.29, 0.717) is 19.6 Å². The van der Waals surface area contributed by atoms with Crippen LogP contribution in [0.4, 0.5) is 0 Å². The fourth-order valence-corrected chi connectivity index (χ4v) is 2.13. The molecule has 0 bridgehead atoms. The molecule has 0 atom stereocenters. The van der Waals surface area contributed by atoms with E-state index in [1.165, 1.54) is 0 Å². The van der Waals surface area contributed by atoms with Crippen LogP contribution < -0.4 is 0 Å². The Morgan fingerprint density at radius 3 is 2.67 bits per heavy atom. The van der Waals surface area contributed by atoms with Gasteiger partial charge in [0, 0.05) is 20.1 Å². The molecular weight excluding hydrogens is 236 g/mol. The number of carbonyl (C=O) groups is 1. The minimum Gasteiger partial charge on any atom is -0.480 e. The van der Waals surface area contributed by atoms with Crippen LogP contribution in [0.25, 0.3) is 0 Å². The highest BCUT2D eigenvalue weighted by atomic mass is 16.5. The molecule has 1 aromatic heterocycles. The maximum atomic E-state index is 10.4. The number of carboxylic acid groups (broad SMARTS) is 1. The van der Waals surface area contributed by atoms with Gasteiger partial charge >= 0.3 is 5.97 Å². The highest BCUT2D eigenvalue weighted by molar-refractivity contribution is 5.68. The maximum Gasteiger partial charge on any atom is 0.329 e. The van der Waals surface area contributed by atoms with E-state index in [1.54, 1.807) is 0 Å². The predicted molar refractivity (Wildman–Crippen MR) is 63.0 cm³/mol. The summed E-state index contributed by atoms with van der Waals surface area (Å²) in [7, 11) is 1.94. The summed E-state index contributed by atoms with van der Waals surface area (Å²) in [5, 5.41) is 16.7. The Kier molecular flexibility index (Phi) is 3.36. The molecule has 2 rings (SSSR count). The number of hydrogen-bond donors (Lipinski definition) is 1. The number of aryl methyl sites for hydroxylation is 1. The summed E-state index contributed by atoms with van der Waals surface area (Å²) in [6.45, 7) is 5.73. The fraction of sp³-hybridized carbons (Fsp3) is 0.727. The zero-order chi connectivity index (χ0) is 13.3. The lowest BCUT2D eigenvalue weighted by atomic mass is 9.96. The van der Waals surface area contributed by atoms with Crippen molar-refractivity contribution in [3.63, 3.8) is 0 Å². The normalized spacial score (nSPS) is 18.6. The second kappa shape index (κ2) is 4.66. The van der Waals surface area contributed by atoms with Gasteiger partial charge in [0.1, 0.15) is 18.3 Å². The first-order valence-corrected chi connectivity index (χ1v) is 5.83. The molecule has 18 heavy (non-hydrogen) atoms. The molecule has 1 aliphatic rings. The Morgan fingerprint density at radius 1 is 1.50 bits per heavy atom. The monoisotopic (exact) mass is 254 g/mol. The third-order valence-corrected chi connectivity index (χ3v) is 3.21. The SMILES string of the molecule is Cc1nnc(CN2CC(C)(OCC(=O)O)C2)n1C. The second-order valence-electron chi connectivity index (χ2n) is 5.00. The van der Waals surface area contributed by atoms with Crippen molar-refractivity contribution >= 4 is 5.97 Å². The lowest BCUT2D eigenvalue weighted by Crippen LogP contribution is -2.61. The molecule has 0 spiro atoms. The van der Waals surface area contributed by atoms with Crippen molar-refractivity contribution in [3.8, 4) is 0 Å². The Bertz CT molecular complexity index is 451. The fourth-order valence-electron chi connectivity index (χ4n) is 2.13. The number of aromatic nitrogens is 3. The van der Waals surface area contributed by atoms with Gasteiger partial charge in [-0.3, -0.25) is 4.90 Å². The first kappa shape index (κ1) is 13.0. The van der Waals surface area contributed by atoms with Crippen molar-refractivity contribution in [3.05, 3.63) is 11.6 Å². The number of rotatable bonds is 5. The molecule has 1 aromatic rings. The molecule has 0 aromatic carbocycles. The predicted octanol–water partition coefficient (Wildman–Crippen LogP) is -0.201. The highest BCUT2D eigenvalue weighted by Gasteiger charge is 2.40. The molecule has 1 fully saturated rings. The van der Waals surface area contributed by atoms with E-state index in [0.717, 1.165) is 11.6 Å². The number of ether oxygens (including phenoxy) is 1. The van der Waals surface area contributed by atoms with Gasteiger partial charge in [-0.15, -0.1) is 10.2 Å². The van der Waals surface area contributed by atoms with Crippen LogP contribution in [0.5, 0.6) is 0 Å². The van der Waals surface area contributed by atoms with Crippen molar-refractivity contribution in [2.75, 3.05) is 19.7 Å². The molecule has 7 nitrogen and oxygen atoms in total. The van der Waals surface area contributed by atoms with Crippen LogP contribution in [0, 0.1) is 6.92 Å². The van der Waals surface area contributed by atoms with Gasteiger partial charge in [-0.2, -0.15) is 0 Å². The molecule has 0 unspecified atom stereocenters. The first-order chi connectivity index (χ1) is 8.39. The van der Waals surface area contributed by atoms with Crippen molar-refractivity contribution in [1.29, 1.82) is 0 Å². The van der Waals surface area contributed by atoms with E-state index in [4.69, 9.17) is 9.84 Å². The third kappa shape index (κ3) is 2.68. The lowest BCUT2D eigenvalue weighted by Gasteiger charge is -2.47. The highest BCUT2D eigenvalue weighted by Crippen LogP contribution is 2.25. The quantitative estimate of drug-likeness (QED) is 0.783. The van der Waals surface area contributed by atoms with Gasteiger partial charge < -0.3 is 14.4 Å². The molecule has 0 aliphatic carbocycles. The minimum atomic E-state index is -0.932. The van der Waals surface area contributed by atoms with Gasteiger partial charge in [0.15, 0.2) is 0 Å². The summed E-state index contributed by atoms with van der Waals surface area (Å²) in [6, 6.07) is 0. The Morgan fingerprint density at radius 2 is 2.17 bits per heavy atom. The average molecular weight is 254 g/mol. The van der Waals surface area contributed by atoms with E-state index in [9.17, 15) is 4.79 Å². The summed E-state index contributed by atoms with van der Waals surface area (Å²) in [5.74, 6) is 0.863. The van der Waals surface area contributed by atoms with Crippen molar-refractivity contribution in [2.45, 2.75) is 26.0 Å². The maximum absolute atomic E-state index is 10.4. The molecular formula is C11H18N4O3. The molecule has 7 heteroatoms. The van der Waals surface area contributed by atoms with Gasteiger partial charge in [-0.05, 0) is 13.8 Å². The van der Waals surface area contributed by atoms with Gasteiger partial charge in [0.05, 0.1) is 12.1 Å². The molecule has 0 amide bonds. The van der Waals surface area contributed by atoms with Crippen molar-refractivity contribution in [2.24, 2.45) is 7.05 Å². The molecule has 100 valence electrons. The van der Waals surface area contributed by atoms with Crippen LogP contribution >= 0.6 is 0 Å². The molecule has 1 N–H and O–H groups in total. The number of hydrogen-bond acceptors (Lipinski definition) is 5. The molecule has 0 saturated carbocycles. The van der Waals surface area contributed by atoms with Crippen LogP contribution in [-0.4, -0.2) is 56.0 Å². The summed E-state index contributed by atoms with van der Waals surface area (Å²) in [4.78, 5) is 12.6. The number of carboxylic acids is 1. The molecule has 0 radical (unpaired) electrons. The van der Waals surface area contributed by atoms with E-state index >= 15 is 0 Å². The smallest absolute Gasteiger partial charge is 0.329 e. The first-order valence-electron chi connectivity index (χ1n) is 5.83. The van der Waals surface area contributed by atoms with E-state index in [2.05, 4.69) is 15.1 Å². The average Bonchev–Trinajstić information content (AvgIpc) is 2.56. The van der Waals surface area contributed by atoms with Crippen molar-refractivity contribution < 1.29 is 14.6 Å². The summed E-state index contributed by atoms with van der Waals surface area (Å²) < 4.78 is 7.30. The molecule has 1 aliphatic heterocycles. The topological polar surface area (TPSA) is 80.5 Å². The zero-order valence-electron chi connectivity index (χ0n) is 10.9. The summed E-state index contributed by atoms with van der Waals surface area (Å²) >= 11 is 0. The van der Waals surface area contributed by atoms with Crippen LogP contribution in [0.1, 0.15) is 18.6 Å². The van der Waals surface area contributed by atoms with Crippen LogP contribution in [0.3, 0.4) is 0 Å². The third-order valence-electron chi connectivity index (χ3n) is 3.21. The minimum absolute atomic E-state index is 0.243. The van der Waals surface area contributed by atoms with E-state index in [-0.39, 0.29) is 12.2 Å². The second-order valence-corrected chi connectivity index (χ2v) is 5.00. The van der Waals surface area contributed by atoms with Gasteiger partial charge in [0.2, 0.25) is 0 Å². The van der Waals surface area contributed by atoms with Gasteiger partial charge in [-0.25, -0.2) is 4.79 Å². The number of likely N-dealkylation sites (tertiary alicyclic amines) is 1. The van der Waals surface area contributed by atoms with Crippen LogP contribution in [0.2, 0.25) is 0 Å². The van der Waals surface area contributed by atoms with Gasteiger partial charge in [-0.1, -0.05) is 0 Å². The largest absolute Gasteiger partial charge is 0.480 e. The van der Waals surface area contributed by atoms with E-state index < -0.39 is 5.97 Å². The van der Waals surface area contributed by atoms with Crippen LogP contribution in [-0.2, 0) is 23.1 Å². The number of nitrogens with zero attached hydrogens (tertiary/aromatic N) is 4. The Balaban J connectivity index is 1.82. The van der Waals surface area contributed by atoms with Crippen molar-refractivity contribution in [1.82, 2.24) is 19.7 Å². The standard InChI is InChI=1S/C11H18N4O3/c1-8-12-13-9(14(8)3)4-15-6-11(2,7-15)18-5-10(16)17/h4-7H2,1-3H3,(H,16,17). The van der Waals surface area contributed by atoms with E-state index in [1.807, 2.05) is 25.5 Å². The molecule has 2 heterocycles. The Hall–Kier alpha value is -1.47. The van der Waals surface area contributed by atoms with Crippen LogP contribution in [0.15, 0.2) is 0 Å². The van der Waals surface area contributed by atoms with Gasteiger partial charge in [0.25, 0.3) is 0 Å². The molecule has 1 saturated heterocycles. The summed E-state index contributed by atoms with van der Waals surface area (Å²) in [6.07, 6.45) is 0. The zero-order valence-corrected chi connectivity index (χ0v) is 10.9.